The molecule has 0 saturated heterocycles. The smallest absolute Gasteiger partial charge is 0.188 e. The van der Waals surface area contributed by atoms with Gasteiger partial charge in [0.15, 0.2) is 11.9 Å². The molecule has 4 rings (SSSR count). The molecule has 0 atom stereocenters. The molecule has 0 amide bonds. The molecular weight excluding hydrogens is 419 g/mol. The van der Waals surface area contributed by atoms with Crippen LogP contribution in [0.4, 0.5) is 0 Å². The molecule has 0 saturated carbocycles. The van der Waals surface area contributed by atoms with E-state index in [2.05, 4.69) is 83.5 Å². The molecule has 25 heavy (non-hydrogen) atoms. The van der Waals surface area contributed by atoms with Gasteiger partial charge in [0.25, 0.3) is 0 Å². The normalized spacial score (nSPS) is 10.8. The molecule has 0 unspecified atom stereocenters. The first kappa shape index (κ1) is 17.8. The quantitative estimate of drug-likeness (QED) is 0.346. The van der Waals surface area contributed by atoms with Gasteiger partial charge in [-0.1, -0.05) is 42.5 Å². The summed E-state index contributed by atoms with van der Waals surface area (Å²) in [5.74, 6) is 0. The minimum Gasteiger partial charge on any atom is -1.00 e. The van der Waals surface area contributed by atoms with Crippen LogP contribution in [0.3, 0.4) is 0 Å². The summed E-state index contributed by atoms with van der Waals surface area (Å²) in [5, 5.41) is 5.22. The van der Waals surface area contributed by atoms with Crippen LogP contribution >= 0.6 is 0 Å². The summed E-state index contributed by atoms with van der Waals surface area (Å²) in [5.41, 5.74) is 2.60. The fraction of sp³-hybridized carbons (Fsp3) is 0.182. The topological polar surface area (TPSA) is 16.8 Å². The standard InChI is InChI=1S/C22H21N2.HI/c1-24-16-14-18-8-3-5-10-20(18)22(24)12-6-11-21-19-9-4-2-7-17(19)13-15-23-21;/h2-5,7-10,13-16H,6,11-12H2,1H3;1H/q+1;/p-1. The Morgan fingerprint density at radius 2 is 1.48 bits per heavy atom. The van der Waals surface area contributed by atoms with E-state index >= 15 is 0 Å². The molecule has 0 bridgehead atoms. The predicted molar refractivity (Wildman–Crippen MR) is 98.9 cm³/mol. The third-order valence-corrected chi connectivity index (χ3v) is 4.76. The van der Waals surface area contributed by atoms with Crippen LogP contribution < -0.4 is 28.5 Å². The molecule has 2 nitrogen and oxygen atoms in total. The van der Waals surface area contributed by atoms with E-state index < -0.39 is 0 Å². The lowest BCUT2D eigenvalue weighted by molar-refractivity contribution is -0.677. The van der Waals surface area contributed by atoms with E-state index in [0.29, 0.717) is 0 Å². The third kappa shape index (κ3) is 3.66. The number of nitrogens with zero attached hydrogens (tertiary/aromatic N) is 2. The zero-order valence-electron chi connectivity index (χ0n) is 14.3. The van der Waals surface area contributed by atoms with E-state index in [4.69, 9.17) is 0 Å². The van der Waals surface area contributed by atoms with Crippen LogP contribution in [0.5, 0.6) is 0 Å². The van der Waals surface area contributed by atoms with Gasteiger partial charge in [-0.3, -0.25) is 4.98 Å². The lowest BCUT2D eigenvalue weighted by Crippen LogP contribution is -3.00. The molecule has 0 fully saturated rings. The van der Waals surface area contributed by atoms with Crippen molar-refractivity contribution in [1.29, 1.82) is 0 Å². The van der Waals surface area contributed by atoms with Crippen LogP contribution in [0.15, 0.2) is 73.1 Å². The fourth-order valence-corrected chi connectivity index (χ4v) is 3.49. The number of rotatable bonds is 4. The zero-order valence-corrected chi connectivity index (χ0v) is 16.5. The Kier molecular flexibility index (Phi) is 5.63. The molecule has 2 aromatic carbocycles. The SMILES string of the molecule is C[n+]1ccc2ccccc2c1CCCc1nccc2ccccc12.[I-]. The van der Waals surface area contributed by atoms with Crippen molar-refractivity contribution in [2.75, 3.05) is 0 Å². The summed E-state index contributed by atoms with van der Waals surface area (Å²) in [4.78, 5) is 4.62. The van der Waals surface area contributed by atoms with Gasteiger partial charge in [-0.15, -0.1) is 0 Å². The van der Waals surface area contributed by atoms with Gasteiger partial charge in [0, 0.05) is 35.2 Å². The second-order valence-corrected chi connectivity index (χ2v) is 6.29. The number of halogens is 1. The van der Waals surface area contributed by atoms with Crippen molar-refractivity contribution in [3.63, 3.8) is 0 Å². The van der Waals surface area contributed by atoms with Crippen molar-refractivity contribution in [2.24, 2.45) is 7.05 Å². The average Bonchev–Trinajstić information content (AvgIpc) is 2.64. The highest BCUT2D eigenvalue weighted by atomic mass is 127. The Hall–Kier alpha value is -2.01. The Morgan fingerprint density at radius 1 is 0.800 bits per heavy atom. The summed E-state index contributed by atoms with van der Waals surface area (Å²) < 4.78 is 2.25. The molecule has 0 aliphatic carbocycles. The summed E-state index contributed by atoms with van der Waals surface area (Å²) >= 11 is 0. The Bertz CT molecular complexity index is 1010. The van der Waals surface area contributed by atoms with Gasteiger partial charge in [0.2, 0.25) is 0 Å². The molecule has 0 aliphatic heterocycles. The van der Waals surface area contributed by atoms with Crippen LogP contribution in [0.1, 0.15) is 17.8 Å². The first-order valence-corrected chi connectivity index (χ1v) is 8.52. The number of benzene rings is 2. The first-order valence-electron chi connectivity index (χ1n) is 8.52. The number of aryl methyl sites for hydroxylation is 3. The summed E-state index contributed by atoms with van der Waals surface area (Å²) in [7, 11) is 2.14. The van der Waals surface area contributed by atoms with E-state index in [1.54, 1.807) is 0 Å². The third-order valence-electron chi connectivity index (χ3n) is 4.76. The van der Waals surface area contributed by atoms with Crippen LogP contribution in [0.2, 0.25) is 0 Å². The number of fused-ring (bicyclic) bond motifs is 2. The molecule has 0 N–H and O–H groups in total. The van der Waals surface area contributed by atoms with Gasteiger partial charge < -0.3 is 24.0 Å². The molecule has 2 heterocycles. The number of pyridine rings is 2. The largest absolute Gasteiger partial charge is 1.00 e. The molecule has 4 aromatic rings. The molecule has 0 spiro atoms. The highest BCUT2D eigenvalue weighted by molar-refractivity contribution is 5.84. The summed E-state index contributed by atoms with van der Waals surface area (Å²) in [6.07, 6.45) is 7.25. The maximum absolute atomic E-state index is 4.62. The van der Waals surface area contributed by atoms with Crippen LogP contribution in [-0.4, -0.2) is 4.98 Å². The second kappa shape index (κ2) is 7.91. The Balaban J connectivity index is 0.00000182. The van der Waals surface area contributed by atoms with Crippen LogP contribution in [-0.2, 0) is 19.9 Å². The zero-order chi connectivity index (χ0) is 16.4. The van der Waals surface area contributed by atoms with Crippen LogP contribution in [0, 0.1) is 0 Å². The van der Waals surface area contributed by atoms with Crippen LogP contribution in [0.25, 0.3) is 21.5 Å². The Morgan fingerprint density at radius 3 is 2.28 bits per heavy atom. The van der Waals surface area contributed by atoms with E-state index in [9.17, 15) is 0 Å². The average molecular weight is 440 g/mol. The van der Waals surface area contributed by atoms with Crippen molar-refractivity contribution in [1.82, 2.24) is 4.98 Å². The minimum absolute atomic E-state index is 0. The molecular formula is C22H21IN2. The monoisotopic (exact) mass is 440 g/mol. The van der Waals surface area contributed by atoms with Gasteiger partial charge in [0.1, 0.15) is 7.05 Å². The summed E-state index contributed by atoms with van der Waals surface area (Å²) in [6, 6.07) is 21.4. The predicted octanol–water partition coefficient (Wildman–Crippen LogP) is 1.39. The maximum atomic E-state index is 4.62. The van der Waals surface area contributed by atoms with E-state index in [-0.39, 0.29) is 24.0 Å². The molecule has 3 heteroatoms. The second-order valence-electron chi connectivity index (χ2n) is 6.29. The van der Waals surface area contributed by atoms with Crippen molar-refractivity contribution in [2.45, 2.75) is 19.3 Å². The Labute approximate surface area is 165 Å². The first-order chi connectivity index (χ1) is 11.8. The van der Waals surface area contributed by atoms with Gasteiger partial charge in [-0.2, -0.15) is 0 Å². The van der Waals surface area contributed by atoms with Gasteiger partial charge in [-0.05, 0) is 35.7 Å². The fourth-order valence-electron chi connectivity index (χ4n) is 3.49. The highest BCUT2D eigenvalue weighted by Crippen LogP contribution is 2.20. The van der Waals surface area contributed by atoms with Gasteiger partial charge in [0.05, 0.1) is 0 Å². The molecule has 0 radical (unpaired) electrons. The highest BCUT2D eigenvalue weighted by Gasteiger charge is 2.12. The molecule has 126 valence electrons. The number of aromatic nitrogens is 2. The van der Waals surface area contributed by atoms with Crippen molar-refractivity contribution in [3.05, 3.63) is 84.4 Å². The minimum atomic E-state index is 0. The van der Waals surface area contributed by atoms with Crippen molar-refractivity contribution >= 4 is 21.5 Å². The van der Waals surface area contributed by atoms with E-state index in [1.165, 1.54) is 32.9 Å². The summed E-state index contributed by atoms with van der Waals surface area (Å²) in [6.45, 7) is 0. The van der Waals surface area contributed by atoms with Crippen molar-refractivity contribution in [3.8, 4) is 0 Å². The lowest BCUT2D eigenvalue weighted by atomic mass is 10.0. The van der Waals surface area contributed by atoms with Gasteiger partial charge >= 0.3 is 0 Å². The number of hydrogen-bond acceptors (Lipinski definition) is 1. The van der Waals surface area contributed by atoms with Crippen molar-refractivity contribution < 1.29 is 28.5 Å². The lowest BCUT2D eigenvalue weighted by Gasteiger charge is -2.07. The van der Waals surface area contributed by atoms with Gasteiger partial charge in [-0.25, -0.2) is 4.57 Å². The molecule has 2 aromatic heterocycles. The maximum Gasteiger partial charge on any atom is 0.188 e. The van der Waals surface area contributed by atoms with E-state index in [1.807, 2.05) is 6.20 Å². The van der Waals surface area contributed by atoms with E-state index in [0.717, 1.165) is 19.3 Å². The number of hydrogen-bond donors (Lipinski definition) is 0. The molecule has 0 aliphatic rings.